The predicted molar refractivity (Wildman–Crippen MR) is 165 cm³/mol. The van der Waals surface area contributed by atoms with Gasteiger partial charge in [-0.3, -0.25) is 9.59 Å². The molecule has 2 aromatic rings. The minimum Gasteiger partial charge on any atom is -0.493 e. The summed E-state index contributed by atoms with van der Waals surface area (Å²) in [6.45, 7) is 15.4. The highest BCUT2D eigenvalue weighted by Crippen LogP contribution is 2.56. The topological polar surface area (TPSA) is 55.8 Å². The third-order valence-corrected chi connectivity index (χ3v) is 8.98. The number of anilines is 1. The molecule has 6 heteroatoms. The first-order chi connectivity index (χ1) is 19.3. The lowest BCUT2D eigenvalue weighted by molar-refractivity contribution is -0.119. The summed E-state index contributed by atoms with van der Waals surface area (Å²) in [4.78, 5) is 30.6. The summed E-state index contributed by atoms with van der Waals surface area (Å²) in [5, 5.41) is 0.417. The normalized spacial score (nSPS) is 20.3. The fourth-order valence-corrected chi connectivity index (χ4v) is 7.00. The molecule has 2 aromatic carbocycles. The molecule has 0 fully saturated rings. The van der Waals surface area contributed by atoms with Crippen LogP contribution >= 0.6 is 11.6 Å². The number of halogens is 1. The van der Waals surface area contributed by atoms with Gasteiger partial charge in [0.2, 0.25) is 0 Å². The van der Waals surface area contributed by atoms with Gasteiger partial charge in [0, 0.05) is 47.0 Å². The first-order valence-electron chi connectivity index (χ1n) is 14.7. The van der Waals surface area contributed by atoms with Gasteiger partial charge in [-0.1, -0.05) is 52.3 Å². The first-order valence-corrected chi connectivity index (χ1v) is 15.0. The molecule has 0 amide bonds. The van der Waals surface area contributed by atoms with Crippen molar-refractivity contribution in [1.82, 2.24) is 0 Å². The Balaban J connectivity index is 1.82. The van der Waals surface area contributed by atoms with Crippen LogP contribution in [-0.2, 0) is 9.59 Å². The second-order valence-corrected chi connectivity index (χ2v) is 13.9. The van der Waals surface area contributed by atoms with Crippen LogP contribution in [0.1, 0.15) is 89.3 Å². The number of hydrogen-bond acceptors (Lipinski definition) is 5. The van der Waals surface area contributed by atoms with Crippen molar-refractivity contribution in [1.29, 1.82) is 0 Å². The van der Waals surface area contributed by atoms with Gasteiger partial charge in [0.1, 0.15) is 0 Å². The lowest BCUT2D eigenvalue weighted by atomic mass is 9.63. The van der Waals surface area contributed by atoms with Crippen LogP contribution in [0, 0.1) is 24.7 Å². The number of aryl methyl sites for hydroxylation is 2. The summed E-state index contributed by atoms with van der Waals surface area (Å²) in [6.07, 6.45) is 3.14. The Morgan fingerprint density at radius 3 is 1.98 bits per heavy atom. The van der Waals surface area contributed by atoms with Crippen LogP contribution < -0.4 is 14.4 Å². The lowest BCUT2D eigenvalue weighted by Crippen LogP contribution is -2.44. The molecule has 0 N–H and O–H groups in total. The van der Waals surface area contributed by atoms with E-state index < -0.39 is 5.92 Å². The minimum absolute atomic E-state index is 0.0840. The van der Waals surface area contributed by atoms with Crippen LogP contribution in [-0.4, -0.2) is 25.3 Å². The standard InChI is InChI=1S/C35H42ClNO4/c1-9-12-41-33-24(36)14-22(15-29(33)40-8)30-31-25(16-34(4,5)18-27(31)38)37(23-11-10-20(2)21(3)13-23)26-17-35(6,7)19-28(39)32(26)30/h10-11,13-15,30H,9,12,16-19H2,1-8H3. The van der Waals surface area contributed by atoms with Gasteiger partial charge in [0.25, 0.3) is 0 Å². The van der Waals surface area contributed by atoms with Crippen molar-refractivity contribution >= 4 is 28.9 Å². The van der Waals surface area contributed by atoms with Crippen LogP contribution in [0.15, 0.2) is 52.9 Å². The van der Waals surface area contributed by atoms with Crippen LogP contribution in [0.5, 0.6) is 11.5 Å². The second kappa shape index (κ2) is 10.7. The van der Waals surface area contributed by atoms with Crippen LogP contribution in [0.25, 0.3) is 0 Å². The number of hydrogen-bond donors (Lipinski definition) is 0. The summed E-state index contributed by atoms with van der Waals surface area (Å²) in [6, 6.07) is 10.2. The molecule has 1 heterocycles. The number of rotatable bonds is 6. The molecule has 0 bridgehead atoms. The predicted octanol–water partition coefficient (Wildman–Crippen LogP) is 8.64. The third-order valence-electron chi connectivity index (χ3n) is 8.69. The van der Waals surface area contributed by atoms with Crippen molar-refractivity contribution < 1.29 is 19.1 Å². The molecule has 0 unspecified atom stereocenters. The quantitative estimate of drug-likeness (QED) is 0.345. The van der Waals surface area contributed by atoms with Crippen molar-refractivity contribution in [3.05, 3.63) is 74.6 Å². The van der Waals surface area contributed by atoms with E-state index in [-0.39, 0.29) is 22.4 Å². The monoisotopic (exact) mass is 575 g/mol. The molecule has 5 nitrogen and oxygen atoms in total. The molecule has 0 atom stereocenters. The van der Waals surface area contributed by atoms with Gasteiger partial charge in [-0.25, -0.2) is 0 Å². The largest absolute Gasteiger partial charge is 0.493 e. The zero-order chi connectivity index (χ0) is 29.9. The number of ketones is 2. The molecule has 41 heavy (non-hydrogen) atoms. The van der Waals surface area contributed by atoms with Gasteiger partial charge < -0.3 is 14.4 Å². The van der Waals surface area contributed by atoms with E-state index in [0.717, 1.165) is 41.9 Å². The summed E-state index contributed by atoms with van der Waals surface area (Å²) < 4.78 is 11.7. The minimum atomic E-state index is -0.512. The Bertz CT molecular complexity index is 1440. The second-order valence-electron chi connectivity index (χ2n) is 13.5. The van der Waals surface area contributed by atoms with Crippen molar-refractivity contribution in [2.75, 3.05) is 18.6 Å². The molecule has 0 aromatic heterocycles. The van der Waals surface area contributed by atoms with Crippen molar-refractivity contribution in [2.24, 2.45) is 10.8 Å². The average molecular weight is 576 g/mol. The maximum absolute atomic E-state index is 14.2. The highest BCUT2D eigenvalue weighted by Gasteiger charge is 2.49. The molecule has 0 saturated carbocycles. The lowest BCUT2D eigenvalue weighted by Gasteiger charge is -2.49. The maximum atomic E-state index is 14.2. The number of nitrogens with zero attached hydrogens (tertiary/aromatic N) is 1. The van der Waals surface area contributed by atoms with Crippen molar-refractivity contribution in [3.8, 4) is 11.5 Å². The van der Waals surface area contributed by atoms with Gasteiger partial charge >= 0.3 is 0 Å². The molecular formula is C35H42ClNO4. The highest BCUT2D eigenvalue weighted by molar-refractivity contribution is 6.32. The summed E-state index contributed by atoms with van der Waals surface area (Å²) >= 11 is 6.82. The van der Waals surface area contributed by atoms with Gasteiger partial charge in [0.15, 0.2) is 23.1 Å². The third kappa shape index (κ3) is 5.34. The smallest absolute Gasteiger partial charge is 0.179 e. The van der Waals surface area contributed by atoms with E-state index in [2.05, 4.69) is 64.6 Å². The summed E-state index contributed by atoms with van der Waals surface area (Å²) in [5.74, 6) is 0.653. The summed E-state index contributed by atoms with van der Waals surface area (Å²) in [7, 11) is 1.59. The fourth-order valence-electron chi connectivity index (χ4n) is 6.73. The Morgan fingerprint density at radius 2 is 1.46 bits per heavy atom. The van der Waals surface area contributed by atoms with Gasteiger partial charge in [-0.15, -0.1) is 0 Å². The summed E-state index contributed by atoms with van der Waals surface area (Å²) in [5.41, 5.74) is 7.14. The number of carbonyl (C=O) groups is 2. The number of Topliss-reactive ketones (excluding diaryl/α,β-unsaturated/α-hetero) is 2. The molecule has 2 aliphatic carbocycles. The maximum Gasteiger partial charge on any atom is 0.179 e. The number of carbonyl (C=O) groups excluding carboxylic acids is 2. The Morgan fingerprint density at radius 1 is 0.878 bits per heavy atom. The molecule has 0 spiro atoms. The number of benzene rings is 2. The molecule has 0 radical (unpaired) electrons. The van der Waals surface area contributed by atoms with Gasteiger partial charge in [0.05, 0.1) is 18.7 Å². The van der Waals surface area contributed by atoms with Crippen LogP contribution in [0.3, 0.4) is 0 Å². The molecular weight excluding hydrogens is 534 g/mol. The SMILES string of the molecule is CCCOc1c(Cl)cc(C2C3=C(CC(C)(C)CC3=O)N(c3ccc(C)c(C)c3)C3=C2C(=O)CC(C)(C)C3)cc1OC. The molecule has 1 aliphatic heterocycles. The van der Waals surface area contributed by atoms with E-state index >= 15 is 0 Å². The molecule has 0 saturated heterocycles. The average Bonchev–Trinajstić information content (AvgIpc) is 2.86. The Hall–Kier alpha value is -3.05. The van der Waals surface area contributed by atoms with Crippen LogP contribution in [0.4, 0.5) is 5.69 Å². The van der Waals surface area contributed by atoms with E-state index in [1.165, 1.54) is 11.1 Å². The van der Waals surface area contributed by atoms with E-state index in [9.17, 15) is 9.59 Å². The molecule has 218 valence electrons. The Kier molecular flexibility index (Phi) is 7.65. The first kappa shape index (κ1) is 29.4. The van der Waals surface area contributed by atoms with E-state index in [4.69, 9.17) is 21.1 Å². The van der Waals surface area contributed by atoms with Gasteiger partial charge in [-0.2, -0.15) is 0 Å². The van der Waals surface area contributed by atoms with E-state index in [0.29, 0.717) is 47.1 Å². The Labute approximate surface area is 249 Å². The van der Waals surface area contributed by atoms with Crippen LogP contribution in [0.2, 0.25) is 5.02 Å². The van der Waals surface area contributed by atoms with Crippen molar-refractivity contribution in [3.63, 3.8) is 0 Å². The van der Waals surface area contributed by atoms with Crippen molar-refractivity contribution in [2.45, 2.75) is 86.5 Å². The molecule has 5 rings (SSSR count). The zero-order valence-electron chi connectivity index (χ0n) is 25.7. The number of methoxy groups -OCH3 is 1. The fraction of sp³-hybridized carbons (Fsp3) is 0.486. The van der Waals surface area contributed by atoms with E-state index in [1.54, 1.807) is 7.11 Å². The molecule has 3 aliphatic rings. The highest BCUT2D eigenvalue weighted by atomic mass is 35.5. The number of allylic oxidation sites excluding steroid dienone is 4. The zero-order valence-corrected chi connectivity index (χ0v) is 26.4. The number of ether oxygens (including phenoxy) is 2. The van der Waals surface area contributed by atoms with Gasteiger partial charge in [-0.05, 0) is 84.9 Å². The van der Waals surface area contributed by atoms with E-state index in [1.807, 2.05) is 19.1 Å².